The van der Waals surface area contributed by atoms with Gasteiger partial charge in [-0.05, 0) is 25.2 Å². The number of carboxylic acids is 2. The molecule has 14 heteroatoms. The van der Waals surface area contributed by atoms with Crippen LogP contribution in [0.15, 0.2) is 4.99 Å². The van der Waals surface area contributed by atoms with Gasteiger partial charge in [-0.3, -0.25) is 24.2 Å². The van der Waals surface area contributed by atoms with Crippen LogP contribution in [0.1, 0.15) is 46.0 Å². The van der Waals surface area contributed by atoms with E-state index < -0.39 is 60.1 Å². The molecule has 0 saturated carbocycles. The summed E-state index contributed by atoms with van der Waals surface area (Å²) in [7, 11) is 0. The molecular weight excluding hydrogens is 438 g/mol. The third-order valence-corrected chi connectivity index (χ3v) is 5.17. The lowest BCUT2D eigenvalue weighted by molar-refractivity contribution is -0.149. The Hall–Kier alpha value is -3.26. The van der Waals surface area contributed by atoms with Crippen molar-refractivity contribution >= 4 is 35.5 Å². The van der Waals surface area contributed by atoms with Gasteiger partial charge in [0, 0.05) is 13.0 Å². The van der Waals surface area contributed by atoms with E-state index in [2.05, 4.69) is 15.6 Å². The van der Waals surface area contributed by atoms with Crippen LogP contribution in [-0.2, 0) is 24.0 Å². The summed E-state index contributed by atoms with van der Waals surface area (Å²) in [4.78, 5) is 63.5. The number of rotatable bonds is 16. The van der Waals surface area contributed by atoms with Gasteiger partial charge in [-0.2, -0.15) is 0 Å². The SMILES string of the molecule is CCC(C)C(N)C(=O)NC(CCC(=O)O)C(=O)NCC(=O)C(N)(CCCN=C(N)N)C(=O)O. The number of carbonyl (C=O) groups is 5. The molecule has 0 radical (unpaired) electrons. The molecule has 12 N–H and O–H groups in total. The van der Waals surface area contributed by atoms with E-state index in [1.54, 1.807) is 6.92 Å². The highest BCUT2D eigenvalue weighted by molar-refractivity contribution is 6.09. The fourth-order valence-electron chi connectivity index (χ4n) is 2.70. The first kappa shape index (κ1) is 29.7. The lowest BCUT2D eigenvalue weighted by Gasteiger charge is -2.25. The van der Waals surface area contributed by atoms with Crippen molar-refractivity contribution in [2.45, 2.75) is 63.6 Å². The molecule has 2 amide bonds. The van der Waals surface area contributed by atoms with Crippen LogP contribution in [0, 0.1) is 5.92 Å². The van der Waals surface area contributed by atoms with Crippen molar-refractivity contribution in [3.63, 3.8) is 0 Å². The van der Waals surface area contributed by atoms with Crippen LogP contribution in [0.25, 0.3) is 0 Å². The van der Waals surface area contributed by atoms with Crippen LogP contribution in [0.5, 0.6) is 0 Å². The minimum Gasteiger partial charge on any atom is -0.481 e. The molecule has 33 heavy (non-hydrogen) atoms. The van der Waals surface area contributed by atoms with Gasteiger partial charge in [-0.15, -0.1) is 0 Å². The molecule has 0 rings (SSSR count). The predicted molar refractivity (Wildman–Crippen MR) is 119 cm³/mol. The van der Waals surface area contributed by atoms with Gasteiger partial charge in [0.05, 0.1) is 12.6 Å². The van der Waals surface area contributed by atoms with E-state index in [0.717, 1.165) is 0 Å². The number of nitrogens with zero attached hydrogens (tertiary/aromatic N) is 1. The summed E-state index contributed by atoms with van der Waals surface area (Å²) in [6, 6.07) is -2.22. The number of nitrogens with two attached hydrogens (primary N) is 4. The molecule has 0 spiro atoms. The first-order valence-electron chi connectivity index (χ1n) is 10.4. The first-order chi connectivity index (χ1) is 15.3. The molecule has 0 aromatic rings. The lowest BCUT2D eigenvalue weighted by atomic mass is 9.89. The summed E-state index contributed by atoms with van der Waals surface area (Å²) in [6.07, 6.45) is -0.306. The van der Waals surface area contributed by atoms with Crippen molar-refractivity contribution in [2.24, 2.45) is 33.8 Å². The number of guanidine groups is 1. The van der Waals surface area contributed by atoms with Crippen LogP contribution >= 0.6 is 0 Å². The predicted octanol–water partition coefficient (Wildman–Crippen LogP) is -2.77. The highest BCUT2D eigenvalue weighted by atomic mass is 16.4. The Labute approximate surface area is 191 Å². The van der Waals surface area contributed by atoms with Gasteiger partial charge in [0.2, 0.25) is 11.8 Å². The summed E-state index contributed by atoms with van der Waals surface area (Å²) in [5.41, 5.74) is 19.7. The minimum atomic E-state index is -2.30. The maximum atomic E-state index is 12.5. The molecule has 0 aromatic carbocycles. The summed E-state index contributed by atoms with van der Waals surface area (Å²) < 4.78 is 0. The van der Waals surface area contributed by atoms with E-state index in [1.165, 1.54) is 0 Å². The van der Waals surface area contributed by atoms with Crippen LogP contribution < -0.4 is 33.6 Å². The molecule has 0 bridgehead atoms. The molecule has 0 fully saturated rings. The Balaban J connectivity index is 5.22. The molecule has 4 atom stereocenters. The summed E-state index contributed by atoms with van der Waals surface area (Å²) in [5.74, 6) is -5.70. The number of hydrogen-bond acceptors (Lipinski definition) is 8. The Morgan fingerprint density at radius 3 is 2.18 bits per heavy atom. The number of aliphatic imine (C=N–C) groups is 1. The van der Waals surface area contributed by atoms with Crippen molar-refractivity contribution in [3.8, 4) is 0 Å². The first-order valence-corrected chi connectivity index (χ1v) is 10.4. The van der Waals surface area contributed by atoms with Crippen LogP contribution in [0.2, 0.25) is 0 Å². The number of aliphatic carboxylic acids is 2. The standard InChI is InChI=1S/C19H35N7O7/c1-3-10(2)14(20)16(31)26-11(5-6-13(28)29)15(30)25-9-12(27)19(23,17(32)33)7-4-8-24-18(21)22/h10-11,14H,3-9,20,23H2,1-2H3,(H,25,30)(H,26,31)(H,28,29)(H,32,33)(H4,21,22,24). The van der Waals surface area contributed by atoms with Gasteiger partial charge in [0.25, 0.3) is 0 Å². The Morgan fingerprint density at radius 1 is 1.09 bits per heavy atom. The largest absolute Gasteiger partial charge is 0.481 e. The Bertz CT molecular complexity index is 755. The number of hydrogen-bond donors (Lipinski definition) is 8. The quantitative estimate of drug-likeness (QED) is 0.0492. The van der Waals surface area contributed by atoms with Gasteiger partial charge in [0.15, 0.2) is 17.3 Å². The van der Waals surface area contributed by atoms with Crippen molar-refractivity contribution in [1.29, 1.82) is 0 Å². The van der Waals surface area contributed by atoms with Gasteiger partial charge in [-0.25, -0.2) is 4.79 Å². The van der Waals surface area contributed by atoms with E-state index in [0.29, 0.717) is 6.42 Å². The second-order valence-electron chi connectivity index (χ2n) is 7.73. The number of Topliss-reactive ketones (excluding diaryl/α,β-unsaturated/α-hetero) is 1. The number of nitrogens with one attached hydrogen (secondary N) is 2. The fraction of sp³-hybridized carbons (Fsp3) is 0.684. The maximum Gasteiger partial charge on any atom is 0.331 e. The normalized spacial score (nSPS) is 15.3. The van der Waals surface area contributed by atoms with Crippen molar-refractivity contribution in [3.05, 3.63) is 0 Å². The van der Waals surface area contributed by atoms with E-state index in [9.17, 15) is 29.1 Å². The molecule has 14 nitrogen and oxygen atoms in total. The molecule has 188 valence electrons. The molecule has 0 aliphatic carbocycles. The average Bonchev–Trinajstić information content (AvgIpc) is 2.75. The number of amides is 2. The summed E-state index contributed by atoms with van der Waals surface area (Å²) in [5, 5.41) is 22.9. The molecule has 0 heterocycles. The van der Waals surface area contributed by atoms with Crippen molar-refractivity contribution in [1.82, 2.24) is 10.6 Å². The summed E-state index contributed by atoms with van der Waals surface area (Å²) >= 11 is 0. The Kier molecular flexibility index (Phi) is 12.6. The maximum absolute atomic E-state index is 12.5. The average molecular weight is 474 g/mol. The number of carboxylic acid groups (broad SMARTS) is 2. The third-order valence-electron chi connectivity index (χ3n) is 5.17. The monoisotopic (exact) mass is 473 g/mol. The van der Waals surface area contributed by atoms with Gasteiger partial charge >= 0.3 is 11.9 Å². The third kappa shape index (κ3) is 10.3. The minimum absolute atomic E-state index is 0.0495. The zero-order valence-corrected chi connectivity index (χ0v) is 18.9. The number of ketones is 1. The van der Waals surface area contributed by atoms with Crippen LogP contribution in [-0.4, -0.2) is 76.4 Å². The number of carbonyl (C=O) groups excluding carboxylic acids is 3. The second kappa shape index (κ2) is 14.0. The van der Waals surface area contributed by atoms with E-state index in [4.69, 9.17) is 28.0 Å². The van der Waals surface area contributed by atoms with Crippen molar-refractivity contribution in [2.75, 3.05) is 13.1 Å². The topological polar surface area (TPSA) is 266 Å². The Morgan fingerprint density at radius 2 is 1.70 bits per heavy atom. The highest BCUT2D eigenvalue weighted by Crippen LogP contribution is 2.12. The summed E-state index contributed by atoms with van der Waals surface area (Å²) in [6.45, 7) is 2.88. The molecule has 4 unspecified atom stereocenters. The highest BCUT2D eigenvalue weighted by Gasteiger charge is 2.41. The van der Waals surface area contributed by atoms with E-state index in [-0.39, 0.29) is 37.7 Å². The zero-order chi connectivity index (χ0) is 25.8. The molecule has 0 aliphatic rings. The molecule has 0 aromatic heterocycles. The van der Waals surface area contributed by atoms with E-state index >= 15 is 0 Å². The zero-order valence-electron chi connectivity index (χ0n) is 18.9. The van der Waals surface area contributed by atoms with Crippen molar-refractivity contribution < 1.29 is 34.2 Å². The smallest absolute Gasteiger partial charge is 0.331 e. The van der Waals surface area contributed by atoms with E-state index in [1.807, 2.05) is 6.92 Å². The lowest BCUT2D eigenvalue weighted by Crippen LogP contribution is -2.59. The van der Waals surface area contributed by atoms with Gasteiger partial charge < -0.3 is 43.8 Å². The molecule has 0 aliphatic heterocycles. The molecular formula is C19H35N7O7. The fourth-order valence-corrected chi connectivity index (χ4v) is 2.70. The van der Waals surface area contributed by atoms with Gasteiger partial charge in [0.1, 0.15) is 6.04 Å². The van der Waals surface area contributed by atoms with Gasteiger partial charge in [-0.1, -0.05) is 20.3 Å². The van der Waals surface area contributed by atoms with Crippen LogP contribution in [0.3, 0.4) is 0 Å². The molecule has 0 saturated heterocycles. The second-order valence-corrected chi connectivity index (χ2v) is 7.73. The van der Waals surface area contributed by atoms with Crippen LogP contribution in [0.4, 0.5) is 0 Å².